The molecule has 2 fully saturated rings. The Morgan fingerprint density at radius 3 is 2.55 bits per heavy atom. The van der Waals surface area contributed by atoms with E-state index in [-0.39, 0.29) is 11.3 Å². The fourth-order valence-electron chi connectivity index (χ4n) is 4.04. The molecule has 1 saturated heterocycles. The number of ether oxygens (including phenoxy) is 2. The van der Waals surface area contributed by atoms with Crippen molar-refractivity contribution >= 4 is 5.91 Å². The van der Waals surface area contributed by atoms with Crippen LogP contribution in [0.1, 0.15) is 55.3 Å². The fraction of sp³-hybridized carbons (Fsp3) is 0.591. The molecule has 1 aromatic heterocycles. The van der Waals surface area contributed by atoms with Gasteiger partial charge in [0.05, 0.1) is 13.5 Å². The van der Waals surface area contributed by atoms with Crippen LogP contribution in [0.4, 0.5) is 0 Å². The largest absolute Gasteiger partial charge is 0.497 e. The van der Waals surface area contributed by atoms with Crippen LogP contribution in [-0.2, 0) is 21.4 Å². The van der Waals surface area contributed by atoms with Gasteiger partial charge in [0.2, 0.25) is 11.8 Å². The Balaban J connectivity index is 1.40. The molecule has 0 atom stereocenters. The number of amides is 1. The van der Waals surface area contributed by atoms with Gasteiger partial charge in [0.25, 0.3) is 0 Å². The second kappa shape index (κ2) is 8.53. The summed E-state index contributed by atoms with van der Waals surface area (Å²) in [4.78, 5) is 19.5. The minimum absolute atomic E-state index is 0.155. The van der Waals surface area contributed by atoms with E-state index >= 15 is 0 Å². The molecule has 0 radical (unpaired) electrons. The van der Waals surface area contributed by atoms with Gasteiger partial charge >= 0.3 is 0 Å². The Labute approximate surface area is 171 Å². The molecule has 0 unspecified atom stereocenters. The van der Waals surface area contributed by atoms with Crippen LogP contribution < -0.4 is 4.74 Å². The summed E-state index contributed by atoms with van der Waals surface area (Å²) in [5.74, 6) is 2.96. The predicted octanol–water partition coefficient (Wildman–Crippen LogP) is 3.10. The second-order valence-electron chi connectivity index (χ2n) is 8.16. The lowest BCUT2D eigenvalue weighted by Crippen LogP contribution is -2.46. The van der Waals surface area contributed by atoms with E-state index in [1.807, 2.05) is 29.2 Å². The van der Waals surface area contributed by atoms with E-state index in [9.17, 15) is 4.79 Å². The molecule has 1 aliphatic carbocycles. The van der Waals surface area contributed by atoms with Crippen LogP contribution in [0.15, 0.2) is 28.8 Å². The molecule has 7 heteroatoms. The number of aromatic nitrogens is 2. The molecule has 1 saturated carbocycles. The average Bonchev–Trinajstić information content (AvgIpc) is 3.49. The van der Waals surface area contributed by atoms with Gasteiger partial charge in [0.15, 0.2) is 5.82 Å². The molecule has 4 rings (SSSR count). The third-order valence-electron chi connectivity index (χ3n) is 6.22. The SMILES string of the molecule is COCCC1(c2noc(C3CC3)n2)CCN(C(=O)Cc2ccc(OC)cc2)CC1. The van der Waals surface area contributed by atoms with E-state index in [1.54, 1.807) is 14.2 Å². The number of methoxy groups -OCH3 is 2. The van der Waals surface area contributed by atoms with Gasteiger partial charge in [-0.1, -0.05) is 17.3 Å². The number of rotatable bonds is 8. The van der Waals surface area contributed by atoms with Gasteiger partial charge < -0.3 is 18.9 Å². The molecule has 2 aliphatic rings. The molecule has 2 heterocycles. The third-order valence-corrected chi connectivity index (χ3v) is 6.22. The lowest BCUT2D eigenvalue weighted by Gasteiger charge is -2.40. The van der Waals surface area contributed by atoms with Gasteiger partial charge in [0.1, 0.15) is 5.75 Å². The highest BCUT2D eigenvalue weighted by Crippen LogP contribution is 2.42. The number of hydrogen-bond donors (Lipinski definition) is 0. The van der Waals surface area contributed by atoms with E-state index in [1.165, 1.54) is 0 Å². The molecule has 1 amide bonds. The van der Waals surface area contributed by atoms with Crippen molar-refractivity contribution < 1.29 is 18.8 Å². The maximum absolute atomic E-state index is 12.8. The van der Waals surface area contributed by atoms with Gasteiger partial charge in [-0.15, -0.1) is 0 Å². The highest BCUT2D eigenvalue weighted by Gasteiger charge is 2.42. The number of likely N-dealkylation sites (tertiary alicyclic amines) is 1. The van der Waals surface area contributed by atoms with Gasteiger partial charge in [-0.3, -0.25) is 4.79 Å². The quantitative estimate of drug-likeness (QED) is 0.679. The number of carbonyl (C=O) groups is 1. The van der Waals surface area contributed by atoms with Crippen LogP contribution in [0, 0.1) is 0 Å². The minimum atomic E-state index is -0.177. The van der Waals surface area contributed by atoms with E-state index in [4.69, 9.17) is 19.0 Å². The molecule has 2 aromatic rings. The first-order valence-electron chi connectivity index (χ1n) is 10.4. The van der Waals surface area contributed by atoms with Gasteiger partial charge in [-0.25, -0.2) is 0 Å². The van der Waals surface area contributed by atoms with Crippen molar-refractivity contribution in [1.29, 1.82) is 0 Å². The van der Waals surface area contributed by atoms with Crippen molar-refractivity contribution in [2.24, 2.45) is 0 Å². The standard InChI is InChI=1S/C22H29N3O4/c1-27-14-11-22(21-23-20(29-24-21)17-5-6-17)9-12-25(13-10-22)19(26)15-16-3-7-18(28-2)8-4-16/h3-4,7-8,17H,5-6,9-15H2,1-2H3. The molecule has 1 aromatic carbocycles. The smallest absolute Gasteiger partial charge is 0.229 e. The lowest BCUT2D eigenvalue weighted by atomic mass is 9.75. The Bertz CT molecular complexity index is 821. The van der Waals surface area contributed by atoms with E-state index < -0.39 is 0 Å². The van der Waals surface area contributed by atoms with Crippen molar-refractivity contribution in [1.82, 2.24) is 15.0 Å². The van der Waals surface area contributed by atoms with Crippen LogP contribution in [0.5, 0.6) is 5.75 Å². The van der Waals surface area contributed by atoms with Crippen molar-refractivity contribution in [2.75, 3.05) is 33.9 Å². The first kappa shape index (κ1) is 19.9. The first-order chi connectivity index (χ1) is 14.1. The van der Waals surface area contributed by atoms with Gasteiger partial charge in [0, 0.05) is 38.1 Å². The molecule has 156 valence electrons. The topological polar surface area (TPSA) is 77.7 Å². The van der Waals surface area contributed by atoms with Crippen molar-refractivity contribution in [2.45, 2.75) is 49.9 Å². The zero-order valence-electron chi connectivity index (χ0n) is 17.2. The van der Waals surface area contributed by atoms with Crippen LogP contribution >= 0.6 is 0 Å². The van der Waals surface area contributed by atoms with Gasteiger partial charge in [-0.2, -0.15) is 4.98 Å². The number of nitrogens with zero attached hydrogens (tertiary/aromatic N) is 3. The number of piperidine rings is 1. The molecule has 7 nitrogen and oxygen atoms in total. The lowest BCUT2D eigenvalue weighted by molar-refractivity contribution is -0.132. The normalized spacial score (nSPS) is 18.6. The summed E-state index contributed by atoms with van der Waals surface area (Å²) in [6, 6.07) is 7.68. The fourth-order valence-corrected chi connectivity index (χ4v) is 4.04. The summed E-state index contributed by atoms with van der Waals surface area (Å²) in [7, 11) is 3.36. The molecule has 29 heavy (non-hydrogen) atoms. The maximum Gasteiger partial charge on any atom is 0.229 e. The Morgan fingerprint density at radius 2 is 1.93 bits per heavy atom. The Kier molecular flexibility index (Phi) is 5.85. The molecular weight excluding hydrogens is 370 g/mol. The molecular formula is C22H29N3O4. The third kappa shape index (κ3) is 4.45. The van der Waals surface area contributed by atoms with Crippen molar-refractivity contribution in [3.05, 3.63) is 41.5 Å². The number of hydrogen-bond acceptors (Lipinski definition) is 6. The summed E-state index contributed by atoms with van der Waals surface area (Å²) in [5, 5.41) is 4.32. The summed E-state index contributed by atoms with van der Waals surface area (Å²) in [6.07, 6.45) is 5.18. The maximum atomic E-state index is 12.8. The van der Waals surface area contributed by atoms with E-state index in [0.717, 1.165) is 55.1 Å². The van der Waals surface area contributed by atoms with E-state index in [2.05, 4.69) is 5.16 Å². The van der Waals surface area contributed by atoms with Crippen LogP contribution in [-0.4, -0.2) is 54.9 Å². The van der Waals surface area contributed by atoms with Crippen LogP contribution in [0.25, 0.3) is 0 Å². The average molecular weight is 399 g/mol. The summed E-state index contributed by atoms with van der Waals surface area (Å²) in [6.45, 7) is 2.05. The summed E-state index contributed by atoms with van der Waals surface area (Å²) < 4.78 is 16.1. The number of carbonyl (C=O) groups excluding carboxylic acids is 1. The molecule has 0 bridgehead atoms. The molecule has 1 aliphatic heterocycles. The van der Waals surface area contributed by atoms with Gasteiger partial charge in [-0.05, 0) is 49.8 Å². The monoisotopic (exact) mass is 399 g/mol. The van der Waals surface area contributed by atoms with Crippen LogP contribution in [0.2, 0.25) is 0 Å². The first-order valence-corrected chi connectivity index (χ1v) is 10.4. The zero-order chi connectivity index (χ0) is 20.3. The molecule has 0 spiro atoms. The van der Waals surface area contributed by atoms with E-state index in [0.29, 0.717) is 32.0 Å². The summed E-state index contributed by atoms with van der Waals surface area (Å²) >= 11 is 0. The molecule has 0 N–H and O–H groups in total. The highest BCUT2D eigenvalue weighted by molar-refractivity contribution is 5.79. The second-order valence-corrected chi connectivity index (χ2v) is 8.16. The zero-order valence-corrected chi connectivity index (χ0v) is 17.2. The highest BCUT2D eigenvalue weighted by atomic mass is 16.5. The number of benzene rings is 1. The Hall–Kier alpha value is -2.41. The van der Waals surface area contributed by atoms with Crippen LogP contribution in [0.3, 0.4) is 0 Å². The minimum Gasteiger partial charge on any atom is -0.497 e. The van der Waals surface area contributed by atoms with Crippen molar-refractivity contribution in [3.8, 4) is 5.75 Å². The summed E-state index contributed by atoms with van der Waals surface area (Å²) in [5.41, 5.74) is 0.822. The Morgan fingerprint density at radius 1 is 1.21 bits per heavy atom. The van der Waals surface area contributed by atoms with Crippen molar-refractivity contribution in [3.63, 3.8) is 0 Å². The predicted molar refractivity (Wildman–Crippen MR) is 107 cm³/mol.